The van der Waals surface area contributed by atoms with Gasteiger partial charge < -0.3 is 24.1 Å². The third-order valence-electron chi connectivity index (χ3n) is 8.48. The maximum absolute atomic E-state index is 13.0. The second kappa shape index (κ2) is 7.17. The van der Waals surface area contributed by atoms with E-state index in [9.17, 15) is 14.7 Å². The number of hydrogen-bond donors (Lipinski definition) is 1. The largest absolute Gasteiger partial charge is 0.459 e. The summed E-state index contributed by atoms with van der Waals surface area (Å²) < 4.78 is 24.4. The summed E-state index contributed by atoms with van der Waals surface area (Å²) in [4.78, 5) is 25.0. The van der Waals surface area contributed by atoms with E-state index in [1.807, 2.05) is 20.8 Å². The van der Waals surface area contributed by atoms with E-state index in [0.29, 0.717) is 25.7 Å². The Balaban J connectivity index is 1.85. The van der Waals surface area contributed by atoms with Gasteiger partial charge >= 0.3 is 11.9 Å². The number of rotatable bonds is 2. The average Bonchev–Trinajstić information content (AvgIpc) is 2.99. The van der Waals surface area contributed by atoms with Crippen molar-refractivity contribution < 1.29 is 33.6 Å². The first-order chi connectivity index (χ1) is 13.9. The summed E-state index contributed by atoms with van der Waals surface area (Å²) in [6, 6.07) is 0. The number of aliphatic hydroxyl groups is 1. The zero-order chi connectivity index (χ0) is 22.1. The molecule has 4 fully saturated rings. The van der Waals surface area contributed by atoms with Gasteiger partial charge in [-0.05, 0) is 52.4 Å². The van der Waals surface area contributed by atoms with Crippen molar-refractivity contribution in [3.05, 3.63) is 0 Å². The van der Waals surface area contributed by atoms with E-state index in [-0.39, 0.29) is 47.8 Å². The van der Waals surface area contributed by atoms with Crippen LogP contribution in [-0.2, 0) is 28.5 Å². The van der Waals surface area contributed by atoms with E-state index in [4.69, 9.17) is 18.9 Å². The molecule has 0 radical (unpaired) electrons. The van der Waals surface area contributed by atoms with Crippen LogP contribution in [-0.4, -0.2) is 59.3 Å². The highest BCUT2D eigenvalue weighted by Gasteiger charge is 2.67. The molecule has 2 bridgehead atoms. The van der Waals surface area contributed by atoms with E-state index in [1.165, 1.54) is 6.92 Å². The van der Waals surface area contributed by atoms with Crippen molar-refractivity contribution in [1.29, 1.82) is 0 Å². The maximum atomic E-state index is 13.0. The van der Waals surface area contributed by atoms with Crippen molar-refractivity contribution in [2.24, 2.45) is 23.7 Å². The Kier molecular flexibility index (Phi) is 5.27. The predicted octanol–water partition coefficient (Wildman–Crippen LogP) is 2.62. The van der Waals surface area contributed by atoms with Gasteiger partial charge in [0.1, 0.15) is 17.3 Å². The third kappa shape index (κ3) is 3.28. The highest BCUT2D eigenvalue weighted by molar-refractivity contribution is 5.73. The number of hydrogen-bond acceptors (Lipinski definition) is 7. The standard InChI is InChI=1S/C23H36O7/c1-12-14-7-9-22(4,29-13(2)24)18-15-11-21(3,26)16(27-6)8-10-23(5,30-20(12)25)19(28-15)17(14)18/h12,14-19,26H,7-11H2,1-6H3/t12-,14+,15+,16-,17+,18+,19+,21-,22-,23+/m0/s1. The minimum Gasteiger partial charge on any atom is -0.459 e. The molecule has 30 heavy (non-hydrogen) atoms. The van der Waals surface area contributed by atoms with Gasteiger partial charge in [-0.1, -0.05) is 6.92 Å². The highest BCUT2D eigenvalue weighted by Crippen LogP contribution is 2.60. The van der Waals surface area contributed by atoms with Crippen LogP contribution in [0.4, 0.5) is 0 Å². The van der Waals surface area contributed by atoms with Gasteiger partial charge in [-0.3, -0.25) is 9.59 Å². The van der Waals surface area contributed by atoms with Gasteiger partial charge in [-0.25, -0.2) is 0 Å². The van der Waals surface area contributed by atoms with Crippen molar-refractivity contribution in [1.82, 2.24) is 0 Å². The second-order valence-corrected chi connectivity index (χ2v) is 10.7. The zero-order valence-electron chi connectivity index (χ0n) is 19.0. The lowest BCUT2D eigenvalue weighted by Crippen LogP contribution is -2.56. The second-order valence-electron chi connectivity index (χ2n) is 10.7. The van der Waals surface area contributed by atoms with E-state index in [2.05, 4.69) is 0 Å². The smallest absolute Gasteiger partial charge is 0.309 e. The molecule has 10 atom stereocenters. The predicted molar refractivity (Wildman–Crippen MR) is 107 cm³/mol. The molecule has 0 spiro atoms. The van der Waals surface area contributed by atoms with Gasteiger partial charge in [0.05, 0.1) is 23.7 Å². The Hall–Kier alpha value is -1.18. The van der Waals surface area contributed by atoms with Crippen LogP contribution in [0.25, 0.3) is 0 Å². The van der Waals surface area contributed by atoms with Crippen LogP contribution in [0.3, 0.4) is 0 Å². The van der Waals surface area contributed by atoms with Crippen LogP contribution in [0.2, 0.25) is 0 Å². The Morgan fingerprint density at radius 1 is 1.20 bits per heavy atom. The van der Waals surface area contributed by atoms with Crippen molar-refractivity contribution in [2.75, 3.05) is 7.11 Å². The molecule has 1 N–H and O–H groups in total. The monoisotopic (exact) mass is 424 g/mol. The molecule has 0 amide bonds. The molecular weight excluding hydrogens is 388 g/mol. The Bertz CT molecular complexity index is 720. The van der Waals surface area contributed by atoms with Gasteiger partial charge in [0.25, 0.3) is 0 Å². The Labute approximate surface area is 178 Å². The number of carbonyl (C=O) groups excluding carboxylic acids is 2. The van der Waals surface area contributed by atoms with Crippen LogP contribution in [0, 0.1) is 23.7 Å². The average molecular weight is 425 g/mol. The molecule has 0 aromatic carbocycles. The summed E-state index contributed by atoms with van der Waals surface area (Å²) in [6.07, 6.45) is 1.90. The van der Waals surface area contributed by atoms with Crippen molar-refractivity contribution in [3.8, 4) is 0 Å². The van der Waals surface area contributed by atoms with Gasteiger partial charge in [0.15, 0.2) is 0 Å². The molecule has 7 nitrogen and oxygen atoms in total. The fourth-order valence-electron chi connectivity index (χ4n) is 7.05. The molecule has 0 aromatic heterocycles. The lowest BCUT2D eigenvalue weighted by molar-refractivity contribution is -0.182. The lowest BCUT2D eigenvalue weighted by Gasteiger charge is -2.49. The molecule has 7 heteroatoms. The molecule has 3 saturated heterocycles. The minimum absolute atomic E-state index is 0.0226. The van der Waals surface area contributed by atoms with Crippen molar-refractivity contribution in [3.63, 3.8) is 0 Å². The summed E-state index contributed by atoms with van der Waals surface area (Å²) in [6.45, 7) is 9.11. The van der Waals surface area contributed by atoms with E-state index in [0.717, 1.165) is 6.42 Å². The maximum Gasteiger partial charge on any atom is 0.309 e. The van der Waals surface area contributed by atoms with Crippen molar-refractivity contribution >= 4 is 11.9 Å². The van der Waals surface area contributed by atoms with Gasteiger partial charge in [0.2, 0.25) is 0 Å². The fraction of sp³-hybridized carbons (Fsp3) is 0.913. The molecule has 170 valence electrons. The van der Waals surface area contributed by atoms with Crippen LogP contribution in [0.5, 0.6) is 0 Å². The first-order valence-corrected chi connectivity index (χ1v) is 11.2. The van der Waals surface area contributed by atoms with Crippen LogP contribution < -0.4 is 0 Å². The minimum atomic E-state index is -1.11. The van der Waals surface area contributed by atoms with E-state index in [1.54, 1.807) is 14.0 Å². The summed E-state index contributed by atoms with van der Waals surface area (Å²) >= 11 is 0. The summed E-state index contributed by atoms with van der Waals surface area (Å²) in [5.41, 5.74) is -2.64. The van der Waals surface area contributed by atoms with Gasteiger partial charge in [-0.15, -0.1) is 0 Å². The van der Waals surface area contributed by atoms with E-state index >= 15 is 0 Å². The molecule has 1 saturated carbocycles. The summed E-state index contributed by atoms with van der Waals surface area (Å²) in [5, 5.41) is 11.3. The quantitative estimate of drug-likeness (QED) is 0.681. The molecule has 4 rings (SSSR count). The van der Waals surface area contributed by atoms with Gasteiger partial charge in [-0.2, -0.15) is 0 Å². The lowest BCUT2D eigenvalue weighted by atomic mass is 9.57. The van der Waals surface area contributed by atoms with Crippen molar-refractivity contribution in [2.45, 2.75) is 102 Å². The van der Waals surface area contributed by atoms with Gasteiger partial charge in [0, 0.05) is 32.3 Å². The molecule has 1 aliphatic carbocycles. The third-order valence-corrected chi connectivity index (χ3v) is 8.48. The van der Waals surface area contributed by atoms with E-state index < -0.39 is 22.9 Å². The molecule has 0 unspecified atom stereocenters. The number of carbonyl (C=O) groups is 2. The molecular formula is C23H36O7. The normalized spacial score (nSPS) is 53.0. The highest BCUT2D eigenvalue weighted by atomic mass is 16.6. The number of ether oxygens (including phenoxy) is 4. The fourth-order valence-corrected chi connectivity index (χ4v) is 7.05. The first kappa shape index (κ1) is 22.0. The summed E-state index contributed by atoms with van der Waals surface area (Å²) in [5.74, 6) is -0.746. The number of fused-ring (bicyclic) bond motifs is 2. The molecule has 0 aromatic rings. The summed E-state index contributed by atoms with van der Waals surface area (Å²) in [7, 11) is 1.60. The first-order valence-electron chi connectivity index (χ1n) is 11.2. The van der Waals surface area contributed by atoms with Crippen LogP contribution in [0.15, 0.2) is 0 Å². The molecule has 3 aliphatic heterocycles. The number of methoxy groups -OCH3 is 1. The molecule has 3 heterocycles. The zero-order valence-corrected chi connectivity index (χ0v) is 19.0. The Morgan fingerprint density at radius 3 is 2.53 bits per heavy atom. The topological polar surface area (TPSA) is 91.3 Å². The number of esters is 2. The Morgan fingerprint density at radius 2 is 1.90 bits per heavy atom. The van der Waals surface area contributed by atoms with Crippen LogP contribution >= 0.6 is 0 Å². The SMILES string of the molecule is CO[C@H]1CC[C@@]2(C)OC(=O)[C@@H](C)[C@H]3CC[C@](C)(OC(C)=O)[C@H]4[C@@H]3[C@H]2O[C@@H]4C[C@]1(C)O. The van der Waals surface area contributed by atoms with Crippen LogP contribution in [0.1, 0.15) is 66.7 Å². The molecule has 4 aliphatic rings.